The average molecular weight is 741 g/mol. The highest BCUT2D eigenvalue weighted by molar-refractivity contribution is 7.20. The van der Waals surface area contributed by atoms with Gasteiger partial charge in [-0.1, -0.05) is 134 Å². The summed E-state index contributed by atoms with van der Waals surface area (Å²) in [4.78, 5) is 12.4. The number of benzene rings is 4. The van der Waals surface area contributed by atoms with Crippen LogP contribution in [0, 0.1) is 5.92 Å². The second kappa shape index (κ2) is 13.3. The van der Waals surface area contributed by atoms with Gasteiger partial charge in [0.15, 0.2) is 0 Å². The number of fused-ring (bicyclic) bond motifs is 14. The van der Waals surface area contributed by atoms with Crippen LogP contribution in [0.15, 0.2) is 151 Å². The largest absolute Gasteiger partial charge is 0.436 e. The molecule has 0 radical (unpaired) electrons. The molecule has 3 aromatic heterocycles. The van der Waals surface area contributed by atoms with Crippen LogP contribution in [0.5, 0.6) is 0 Å². The van der Waals surface area contributed by atoms with Crippen molar-refractivity contribution in [2.24, 2.45) is 5.92 Å². The lowest BCUT2D eigenvalue weighted by Gasteiger charge is -2.37. The third-order valence-corrected chi connectivity index (χ3v) is 13.5. The third-order valence-electron chi connectivity index (χ3n) is 12.3. The normalized spacial score (nSPS) is 19.9. The van der Waals surface area contributed by atoms with Crippen molar-refractivity contribution in [3.8, 4) is 0 Å². The van der Waals surface area contributed by atoms with Gasteiger partial charge in [0.2, 0.25) is 5.71 Å². The van der Waals surface area contributed by atoms with Crippen molar-refractivity contribution in [3.05, 3.63) is 196 Å². The summed E-state index contributed by atoms with van der Waals surface area (Å²) in [7, 11) is 0. The van der Waals surface area contributed by atoms with Gasteiger partial charge >= 0.3 is 0 Å². The number of hydrogen-bond acceptors (Lipinski definition) is 4. The van der Waals surface area contributed by atoms with E-state index in [1.807, 2.05) is 23.5 Å². The fraction of sp³-hybridized carbons (Fsp3) is 0.154. The van der Waals surface area contributed by atoms with Crippen molar-refractivity contribution < 1.29 is 4.42 Å². The molecule has 3 unspecified atom stereocenters. The quantitative estimate of drug-likeness (QED) is 0.165. The SMILES string of the molecule is C=C(/C=C\C(=C/C)c1ccccc1)c1nc2oc3ccccc3c2nc1C1CCc2ccccc2C2=C1c1sc3ccc4c(c3c1C1C=CC=CC21)C=CCC4. The molecule has 4 aromatic carbocycles. The number of nitrogens with zero attached hydrogens (tertiary/aromatic N) is 2. The van der Waals surface area contributed by atoms with Crippen LogP contribution >= 0.6 is 11.3 Å². The Bertz CT molecular complexity index is 2960. The van der Waals surface area contributed by atoms with Crippen LogP contribution in [0.3, 0.4) is 0 Å². The van der Waals surface area contributed by atoms with Crippen LogP contribution in [-0.2, 0) is 12.8 Å². The van der Waals surface area contributed by atoms with Gasteiger partial charge in [0, 0.05) is 38.1 Å². The first-order chi connectivity index (χ1) is 27.7. The highest BCUT2D eigenvalue weighted by atomic mass is 32.1. The highest BCUT2D eigenvalue weighted by Crippen LogP contribution is 2.60. The van der Waals surface area contributed by atoms with Crippen molar-refractivity contribution in [2.45, 2.75) is 44.4 Å². The van der Waals surface area contributed by atoms with Gasteiger partial charge in [-0.05, 0) is 106 Å². The summed E-state index contributed by atoms with van der Waals surface area (Å²) < 4.78 is 7.78. The number of para-hydroxylation sites is 1. The van der Waals surface area contributed by atoms with E-state index in [1.54, 1.807) is 0 Å². The maximum atomic E-state index is 6.42. The molecule has 0 saturated heterocycles. The molecule has 3 nitrogen and oxygen atoms in total. The first-order valence-corrected chi connectivity index (χ1v) is 20.7. The first kappa shape index (κ1) is 33.3. The van der Waals surface area contributed by atoms with E-state index in [2.05, 4.69) is 140 Å². The second-order valence-corrected chi connectivity index (χ2v) is 16.4. The molecular formula is C52H40N2OS. The zero-order chi connectivity index (χ0) is 37.3. The lowest BCUT2D eigenvalue weighted by atomic mass is 9.67. The Balaban J connectivity index is 1.19. The van der Waals surface area contributed by atoms with Crippen molar-refractivity contribution in [2.75, 3.05) is 0 Å². The summed E-state index contributed by atoms with van der Waals surface area (Å²) in [5, 5.41) is 2.42. The monoisotopic (exact) mass is 740 g/mol. The standard InChI is InChI=1S/C52H40N2OS/c1-3-32(33-15-5-4-6-16-33)26-25-31(2)48-49(53-50-40-23-13-14-24-42(40)55-52(50)54-48)41-29-27-34-17-7-9-19-36(34)44-38-21-11-12-22-39(38)46-45-37-20-10-8-18-35(37)28-30-43(45)56-51(46)47(41)44/h3-7,9-17,19-26,28,30,38-39,41H,2,8,18,27,29H2,1H3/b26-25-,32-3+. The molecule has 0 bridgehead atoms. The van der Waals surface area contributed by atoms with E-state index >= 15 is 0 Å². The van der Waals surface area contributed by atoms with Crippen LogP contribution in [0.2, 0.25) is 0 Å². The molecule has 0 saturated carbocycles. The Morgan fingerprint density at radius 3 is 2.54 bits per heavy atom. The van der Waals surface area contributed by atoms with Crippen LogP contribution in [0.1, 0.15) is 81.2 Å². The van der Waals surface area contributed by atoms with E-state index in [0.717, 1.165) is 70.3 Å². The molecule has 3 atom stereocenters. The third kappa shape index (κ3) is 5.16. The molecule has 11 rings (SSSR count). The number of rotatable bonds is 5. The van der Waals surface area contributed by atoms with Crippen molar-refractivity contribution in [3.63, 3.8) is 0 Å². The molecule has 270 valence electrons. The smallest absolute Gasteiger partial charge is 0.246 e. The van der Waals surface area contributed by atoms with Crippen molar-refractivity contribution in [1.82, 2.24) is 9.97 Å². The van der Waals surface area contributed by atoms with E-state index in [-0.39, 0.29) is 17.8 Å². The molecule has 56 heavy (non-hydrogen) atoms. The van der Waals surface area contributed by atoms with Gasteiger partial charge < -0.3 is 4.42 Å². The molecular weight excluding hydrogens is 701 g/mol. The Morgan fingerprint density at radius 2 is 1.64 bits per heavy atom. The minimum Gasteiger partial charge on any atom is -0.436 e. The molecule has 3 heterocycles. The topological polar surface area (TPSA) is 38.9 Å². The lowest BCUT2D eigenvalue weighted by Crippen LogP contribution is -2.22. The van der Waals surface area contributed by atoms with E-state index in [1.165, 1.54) is 53.9 Å². The Labute approximate surface area is 331 Å². The molecule has 0 amide bonds. The highest BCUT2D eigenvalue weighted by Gasteiger charge is 2.43. The molecule has 4 aliphatic carbocycles. The van der Waals surface area contributed by atoms with Gasteiger partial charge in [-0.15, -0.1) is 11.3 Å². The van der Waals surface area contributed by atoms with E-state index in [0.29, 0.717) is 5.71 Å². The predicted octanol–water partition coefficient (Wildman–Crippen LogP) is 13.7. The van der Waals surface area contributed by atoms with Gasteiger partial charge in [0.05, 0.1) is 11.4 Å². The maximum absolute atomic E-state index is 6.42. The molecule has 4 heteroatoms. The minimum absolute atomic E-state index is 0.0307. The maximum Gasteiger partial charge on any atom is 0.246 e. The van der Waals surface area contributed by atoms with Crippen molar-refractivity contribution in [1.29, 1.82) is 0 Å². The minimum atomic E-state index is -0.0307. The number of furan rings is 1. The predicted molar refractivity (Wildman–Crippen MR) is 236 cm³/mol. The van der Waals surface area contributed by atoms with Gasteiger partial charge in [-0.2, -0.15) is 0 Å². The summed E-state index contributed by atoms with van der Waals surface area (Å²) in [6.07, 6.45) is 24.6. The van der Waals surface area contributed by atoms with Crippen LogP contribution in [0.4, 0.5) is 0 Å². The summed E-state index contributed by atoms with van der Waals surface area (Å²) in [6.45, 7) is 6.78. The number of hydrogen-bond donors (Lipinski definition) is 0. The lowest BCUT2D eigenvalue weighted by molar-refractivity contribution is 0.648. The number of allylic oxidation sites excluding steroid dienone is 12. The second-order valence-electron chi connectivity index (χ2n) is 15.4. The molecule has 7 aromatic rings. The Hall–Kier alpha value is -6.10. The molecule has 0 fully saturated rings. The number of aromatic nitrogens is 2. The van der Waals surface area contributed by atoms with E-state index < -0.39 is 0 Å². The van der Waals surface area contributed by atoms with Crippen molar-refractivity contribution >= 4 is 72.0 Å². The molecule has 4 aliphatic rings. The Morgan fingerprint density at radius 1 is 0.821 bits per heavy atom. The van der Waals surface area contributed by atoms with Gasteiger partial charge in [-0.3, -0.25) is 0 Å². The molecule has 0 N–H and O–H groups in total. The van der Waals surface area contributed by atoms with Crippen LogP contribution in [-0.4, -0.2) is 9.97 Å². The fourth-order valence-corrected chi connectivity index (χ4v) is 11.2. The zero-order valence-electron chi connectivity index (χ0n) is 31.3. The summed E-state index contributed by atoms with van der Waals surface area (Å²) >= 11 is 1.97. The summed E-state index contributed by atoms with van der Waals surface area (Å²) in [5.41, 5.74) is 17.0. The first-order valence-electron chi connectivity index (χ1n) is 19.9. The molecule has 0 aliphatic heterocycles. The van der Waals surface area contributed by atoms with Gasteiger partial charge in [0.25, 0.3) is 0 Å². The van der Waals surface area contributed by atoms with Crippen LogP contribution < -0.4 is 0 Å². The van der Waals surface area contributed by atoms with E-state index in [4.69, 9.17) is 21.0 Å². The van der Waals surface area contributed by atoms with Gasteiger partial charge in [-0.25, -0.2) is 9.97 Å². The molecule has 0 spiro atoms. The summed E-state index contributed by atoms with van der Waals surface area (Å²) in [6, 6.07) is 32.6. The number of aryl methyl sites for hydroxylation is 2. The average Bonchev–Trinajstić information content (AvgIpc) is 3.77. The van der Waals surface area contributed by atoms with E-state index in [9.17, 15) is 0 Å². The van der Waals surface area contributed by atoms with Crippen LogP contribution in [0.25, 0.3) is 60.7 Å². The zero-order valence-corrected chi connectivity index (χ0v) is 32.2. The van der Waals surface area contributed by atoms with Gasteiger partial charge in [0.1, 0.15) is 11.1 Å². The fourth-order valence-electron chi connectivity index (χ4n) is 9.77. The summed E-state index contributed by atoms with van der Waals surface area (Å²) in [5.74, 6) is 0.417. The number of thiophene rings is 1. The Kier molecular flexibility index (Phi) is 7.89.